The molecule has 17 heavy (non-hydrogen) atoms. The molecule has 0 aliphatic heterocycles. The average molecular weight is 250 g/mol. The smallest absolute Gasteiger partial charge is 0.300 e. The van der Waals surface area contributed by atoms with Gasteiger partial charge in [0.1, 0.15) is 0 Å². The highest BCUT2D eigenvalue weighted by Gasteiger charge is 2.05. The van der Waals surface area contributed by atoms with Gasteiger partial charge in [-0.1, -0.05) is 6.92 Å². The maximum absolute atomic E-state index is 12.0. The first-order valence-electron chi connectivity index (χ1n) is 5.53. The Hall–Kier alpha value is -1.62. The molecule has 0 atom stereocenters. The van der Waals surface area contributed by atoms with Crippen LogP contribution in [-0.2, 0) is 13.1 Å². The van der Waals surface area contributed by atoms with E-state index < -0.39 is 0 Å². The van der Waals surface area contributed by atoms with Crippen LogP contribution in [-0.4, -0.2) is 9.13 Å². The molecule has 0 aromatic carbocycles. The van der Waals surface area contributed by atoms with Crippen LogP contribution in [0.5, 0.6) is 0 Å². The summed E-state index contributed by atoms with van der Waals surface area (Å²) in [6.07, 6.45) is 2.44. The number of hydrogen-bond acceptors (Lipinski definition) is 3. The predicted octanol–water partition coefficient (Wildman–Crippen LogP) is 1.53. The zero-order valence-electron chi connectivity index (χ0n) is 9.63. The first-order chi connectivity index (χ1) is 8.22. The first kappa shape index (κ1) is 11.9. The second-order valence-electron chi connectivity index (χ2n) is 3.85. The molecule has 0 bridgehead atoms. The number of hydrogen-bond donors (Lipinski definition) is 0. The highest BCUT2D eigenvalue weighted by Crippen LogP contribution is 2.05. The van der Waals surface area contributed by atoms with Crippen LogP contribution in [0.2, 0.25) is 0 Å². The molecule has 5 heteroatoms. The maximum atomic E-state index is 12.0. The lowest BCUT2D eigenvalue weighted by molar-refractivity contribution is 0.571. The number of thiophene rings is 1. The van der Waals surface area contributed by atoms with E-state index >= 15 is 0 Å². The van der Waals surface area contributed by atoms with Gasteiger partial charge in [0, 0.05) is 18.8 Å². The highest BCUT2D eigenvalue weighted by molar-refractivity contribution is 7.07. The molecule has 0 saturated carbocycles. The molecule has 4 nitrogen and oxygen atoms in total. The van der Waals surface area contributed by atoms with Crippen molar-refractivity contribution < 1.29 is 0 Å². The molecule has 0 unspecified atom stereocenters. The van der Waals surface area contributed by atoms with Gasteiger partial charge in [0.2, 0.25) is 0 Å². The molecule has 0 N–H and O–H groups in total. The summed E-state index contributed by atoms with van der Waals surface area (Å²) in [4.78, 5) is 23.7. The zero-order valence-corrected chi connectivity index (χ0v) is 10.4. The number of aryl methyl sites for hydroxylation is 1. The maximum Gasteiger partial charge on any atom is 0.331 e. The van der Waals surface area contributed by atoms with Crippen molar-refractivity contribution in [3.63, 3.8) is 0 Å². The van der Waals surface area contributed by atoms with E-state index in [9.17, 15) is 9.59 Å². The second-order valence-corrected chi connectivity index (χ2v) is 4.63. The van der Waals surface area contributed by atoms with E-state index in [1.54, 1.807) is 22.1 Å². The Labute approximate surface area is 103 Å². The van der Waals surface area contributed by atoms with Gasteiger partial charge in [0.25, 0.3) is 5.56 Å². The van der Waals surface area contributed by atoms with Crippen LogP contribution < -0.4 is 11.2 Å². The van der Waals surface area contributed by atoms with E-state index in [0.29, 0.717) is 13.1 Å². The molecular weight excluding hydrogens is 236 g/mol. The molecule has 0 spiro atoms. The summed E-state index contributed by atoms with van der Waals surface area (Å²) < 4.78 is 2.85. The van der Waals surface area contributed by atoms with Crippen LogP contribution in [0.15, 0.2) is 38.7 Å². The number of rotatable bonds is 4. The fourth-order valence-electron chi connectivity index (χ4n) is 1.68. The molecule has 2 aromatic rings. The highest BCUT2D eigenvalue weighted by atomic mass is 32.1. The fourth-order valence-corrected chi connectivity index (χ4v) is 2.34. The lowest BCUT2D eigenvalue weighted by Crippen LogP contribution is -2.39. The Balaban J connectivity index is 2.42. The summed E-state index contributed by atoms with van der Waals surface area (Å²) in [6, 6.07) is 3.37. The number of aromatic nitrogens is 2. The third-order valence-electron chi connectivity index (χ3n) is 2.52. The van der Waals surface area contributed by atoms with Crippen LogP contribution in [0.25, 0.3) is 0 Å². The molecule has 0 saturated heterocycles. The van der Waals surface area contributed by atoms with Crippen LogP contribution in [0.4, 0.5) is 0 Å². The van der Waals surface area contributed by atoms with Gasteiger partial charge >= 0.3 is 5.69 Å². The lowest BCUT2D eigenvalue weighted by atomic mass is 10.3. The third-order valence-corrected chi connectivity index (χ3v) is 3.26. The van der Waals surface area contributed by atoms with E-state index in [-0.39, 0.29) is 11.2 Å². The van der Waals surface area contributed by atoms with E-state index in [0.717, 1.165) is 12.0 Å². The molecule has 2 heterocycles. The predicted molar refractivity (Wildman–Crippen MR) is 68.7 cm³/mol. The van der Waals surface area contributed by atoms with Crippen molar-refractivity contribution in [1.29, 1.82) is 0 Å². The van der Waals surface area contributed by atoms with Gasteiger partial charge in [0.15, 0.2) is 0 Å². The Morgan fingerprint density at radius 1 is 1.29 bits per heavy atom. The third kappa shape index (κ3) is 2.55. The van der Waals surface area contributed by atoms with Crippen molar-refractivity contribution >= 4 is 11.3 Å². The Morgan fingerprint density at radius 3 is 2.76 bits per heavy atom. The van der Waals surface area contributed by atoms with Crippen molar-refractivity contribution in [1.82, 2.24) is 9.13 Å². The monoisotopic (exact) mass is 250 g/mol. The molecule has 0 amide bonds. The topological polar surface area (TPSA) is 44.0 Å². The summed E-state index contributed by atoms with van der Waals surface area (Å²) in [6.45, 7) is 3.00. The van der Waals surface area contributed by atoms with Crippen LogP contribution >= 0.6 is 11.3 Å². The van der Waals surface area contributed by atoms with Gasteiger partial charge in [-0.3, -0.25) is 9.36 Å². The Morgan fingerprint density at radius 2 is 2.12 bits per heavy atom. The fraction of sp³-hybridized carbons (Fsp3) is 0.333. The average Bonchev–Trinajstić information content (AvgIpc) is 2.81. The standard InChI is InChI=1S/C12H14N2O2S/c1-2-5-13-6-3-11(15)14(12(13)16)8-10-4-7-17-9-10/h3-4,6-7,9H,2,5,8H2,1H3. The molecule has 0 aliphatic carbocycles. The summed E-state index contributed by atoms with van der Waals surface area (Å²) in [5.41, 5.74) is 0.516. The number of nitrogens with zero attached hydrogens (tertiary/aromatic N) is 2. The SMILES string of the molecule is CCCn1ccc(=O)n(Cc2ccsc2)c1=O. The van der Waals surface area contributed by atoms with Gasteiger partial charge in [-0.25, -0.2) is 4.79 Å². The quantitative estimate of drug-likeness (QED) is 0.826. The first-order valence-corrected chi connectivity index (χ1v) is 6.48. The van der Waals surface area contributed by atoms with Crippen molar-refractivity contribution in [3.8, 4) is 0 Å². The normalized spacial score (nSPS) is 10.6. The Kier molecular flexibility index (Phi) is 3.58. The summed E-state index contributed by atoms with van der Waals surface area (Å²) >= 11 is 1.56. The Bertz CT molecular complexity index is 596. The molecule has 0 aliphatic rings. The van der Waals surface area contributed by atoms with Gasteiger partial charge in [-0.15, -0.1) is 0 Å². The van der Waals surface area contributed by atoms with Crippen molar-refractivity contribution in [2.45, 2.75) is 26.4 Å². The largest absolute Gasteiger partial charge is 0.331 e. The molecule has 2 rings (SSSR count). The minimum absolute atomic E-state index is 0.231. The van der Waals surface area contributed by atoms with Gasteiger partial charge in [-0.05, 0) is 28.8 Å². The molecule has 2 aromatic heterocycles. The lowest BCUT2D eigenvalue weighted by Gasteiger charge is -2.07. The summed E-state index contributed by atoms with van der Waals surface area (Å²) in [7, 11) is 0. The van der Waals surface area contributed by atoms with Crippen LogP contribution in [0.1, 0.15) is 18.9 Å². The van der Waals surface area contributed by atoms with E-state index in [2.05, 4.69) is 0 Å². The van der Waals surface area contributed by atoms with E-state index in [4.69, 9.17) is 0 Å². The van der Waals surface area contributed by atoms with Gasteiger partial charge in [-0.2, -0.15) is 11.3 Å². The minimum atomic E-state index is -0.242. The second kappa shape index (κ2) is 5.14. The van der Waals surface area contributed by atoms with Crippen molar-refractivity contribution in [2.24, 2.45) is 0 Å². The molecule has 90 valence electrons. The molecular formula is C12H14N2O2S. The zero-order chi connectivity index (χ0) is 12.3. The summed E-state index contributed by atoms with van der Waals surface area (Å²) in [5, 5.41) is 3.89. The minimum Gasteiger partial charge on any atom is -0.300 e. The molecule has 0 fully saturated rings. The van der Waals surface area contributed by atoms with Crippen molar-refractivity contribution in [3.05, 3.63) is 55.5 Å². The van der Waals surface area contributed by atoms with Crippen LogP contribution in [0.3, 0.4) is 0 Å². The van der Waals surface area contributed by atoms with Gasteiger partial charge in [0.05, 0.1) is 6.54 Å². The summed E-state index contributed by atoms with van der Waals surface area (Å²) in [5.74, 6) is 0. The van der Waals surface area contributed by atoms with Crippen molar-refractivity contribution in [2.75, 3.05) is 0 Å². The molecule has 0 radical (unpaired) electrons. The van der Waals surface area contributed by atoms with Gasteiger partial charge < -0.3 is 4.57 Å². The van der Waals surface area contributed by atoms with Crippen LogP contribution in [0, 0.1) is 0 Å². The van der Waals surface area contributed by atoms with E-state index in [1.807, 2.05) is 23.8 Å². The van der Waals surface area contributed by atoms with E-state index in [1.165, 1.54) is 10.6 Å².